The van der Waals surface area contributed by atoms with Crippen LogP contribution in [0.5, 0.6) is 0 Å². The van der Waals surface area contributed by atoms with Gasteiger partial charge in [-0.15, -0.1) is 0 Å². The first kappa shape index (κ1) is 21.6. The first-order chi connectivity index (χ1) is 16.4. The smallest absolute Gasteiger partial charge is 0.220 e. The summed E-state index contributed by atoms with van der Waals surface area (Å²) in [6.07, 6.45) is 6.72. The lowest BCUT2D eigenvalue weighted by Crippen LogP contribution is -2.28. The van der Waals surface area contributed by atoms with E-state index in [0.717, 1.165) is 41.7 Å². The number of nitriles is 1. The number of rotatable bonds is 5. The summed E-state index contributed by atoms with van der Waals surface area (Å²) in [6, 6.07) is 7.71. The highest BCUT2D eigenvalue weighted by Gasteiger charge is 2.31. The molecule has 4 aromatic rings. The highest BCUT2D eigenvalue weighted by Crippen LogP contribution is 2.36. The van der Waals surface area contributed by atoms with E-state index in [4.69, 9.17) is 9.78 Å². The fourth-order valence-electron chi connectivity index (χ4n) is 4.36. The number of hydrogen-bond acceptors (Lipinski definition) is 8. The Morgan fingerprint density at radius 1 is 1.24 bits per heavy atom. The van der Waals surface area contributed by atoms with Crippen LogP contribution >= 0.6 is 0 Å². The summed E-state index contributed by atoms with van der Waals surface area (Å²) >= 11 is 0. The van der Waals surface area contributed by atoms with Gasteiger partial charge in [0, 0.05) is 49.4 Å². The topological polar surface area (TPSA) is 126 Å². The van der Waals surface area contributed by atoms with Crippen molar-refractivity contribution in [1.82, 2.24) is 29.8 Å². The Hall–Kier alpha value is -4.26. The summed E-state index contributed by atoms with van der Waals surface area (Å²) in [7, 11) is 0. The molecule has 10 heteroatoms. The minimum absolute atomic E-state index is 0.0437. The number of pyridine rings is 2. The number of amides is 1. The molecule has 0 bridgehead atoms. The van der Waals surface area contributed by atoms with Crippen LogP contribution in [0.25, 0.3) is 28.2 Å². The zero-order valence-corrected chi connectivity index (χ0v) is 19.2. The lowest BCUT2D eigenvalue weighted by atomic mass is 10.1. The maximum atomic E-state index is 12.0. The van der Waals surface area contributed by atoms with Crippen LogP contribution in [0.2, 0.25) is 0 Å². The lowest BCUT2D eigenvalue weighted by Gasteiger charge is -2.20. The van der Waals surface area contributed by atoms with Gasteiger partial charge in [0.25, 0.3) is 0 Å². The second kappa shape index (κ2) is 8.59. The molecule has 0 saturated carbocycles. The number of anilines is 1. The van der Waals surface area contributed by atoms with Crippen molar-refractivity contribution in [2.75, 3.05) is 11.9 Å². The molecule has 10 nitrogen and oxygen atoms in total. The van der Waals surface area contributed by atoms with Gasteiger partial charge in [0.05, 0.1) is 29.1 Å². The van der Waals surface area contributed by atoms with Crippen LogP contribution in [-0.4, -0.2) is 48.3 Å². The SMILES string of the molecule is CC(=O)N1CCCC1c1cc(-c2cnc(-n3ncc4cc(C#N)cnc43)cc2NC(C)C)on1. The molecule has 1 aliphatic heterocycles. The molecule has 172 valence electrons. The Balaban J connectivity index is 1.53. The molecule has 1 N–H and O–H groups in total. The fourth-order valence-corrected chi connectivity index (χ4v) is 4.36. The summed E-state index contributed by atoms with van der Waals surface area (Å²) in [5.41, 5.74) is 3.42. The van der Waals surface area contributed by atoms with E-state index in [9.17, 15) is 4.79 Å². The number of nitrogens with zero attached hydrogens (tertiary/aromatic N) is 7. The summed E-state index contributed by atoms with van der Waals surface area (Å²) < 4.78 is 7.35. The molecule has 5 heterocycles. The molecule has 1 unspecified atom stereocenters. The first-order valence-electron chi connectivity index (χ1n) is 11.2. The van der Waals surface area contributed by atoms with Gasteiger partial charge in [0.1, 0.15) is 11.8 Å². The first-order valence-corrected chi connectivity index (χ1v) is 11.2. The van der Waals surface area contributed by atoms with E-state index in [-0.39, 0.29) is 18.0 Å². The monoisotopic (exact) mass is 456 g/mol. The van der Waals surface area contributed by atoms with E-state index < -0.39 is 0 Å². The number of likely N-dealkylation sites (tertiary alicyclic amines) is 1. The average molecular weight is 457 g/mol. The molecule has 0 aliphatic carbocycles. The van der Waals surface area contributed by atoms with Gasteiger partial charge in [-0.1, -0.05) is 5.16 Å². The van der Waals surface area contributed by atoms with Gasteiger partial charge in [-0.2, -0.15) is 15.0 Å². The molecule has 5 rings (SSSR count). The number of hydrogen-bond donors (Lipinski definition) is 1. The van der Waals surface area contributed by atoms with Gasteiger partial charge in [0.15, 0.2) is 17.2 Å². The molecule has 1 saturated heterocycles. The summed E-state index contributed by atoms with van der Waals surface area (Å²) in [4.78, 5) is 22.8. The molecular formula is C24H24N8O2. The van der Waals surface area contributed by atoms with Gasteiger partial charge < -0.3 is 14.7 Å². The molecule has 1 aliphatic rings. The Morgan fingerprint density at radius 2 is 2.09 bits per heavy atom. The van der Waals surface area contributed by atoms with Crippen LogP contribution in [0.3, 0.4) is 0 Å². The summed E-state index contributed by atoms with van der Waals surface area (Å²) in [5.74, 6) is 1.20. The highest BCUT2D eigenvalue weighted by molar-refractivity contribution is 5.79. The van der Waals surface area contributed by atoms with Crippen molar-refractivity contribution in [1.29, 1.82) is 5.26 Å². The van der Waals surface area contributed by atoms with Crippen LogP contribution in [0.4, 0.5) is 5.69 Å². The van der Waals surface area contributed by atoms with Crippen molar-refractivity contribution in [2.45, 2.75) is 45.7 Å². The van der Waals surface area contributed by atoms with Crippen molar-refractivity contribution in [3.05, 3.63) is 48.0 Å². The van der Waals surface area contributed by atoms with Crippen molar-refractivity contribution in [3.63, 3.8) is 0 Å². The molecule has 0 aromatic carbocycles. The van der Waals surface area contributed by atoms with Crippen molar-refractivity contribution in [2.24, 2.45) is 0 Å². The molecule has 1 atom stereocenters. The molecule has 1 amide bonds. The third-order valence-electron chi connectivity index (χ3n) is 5.88. The fraction of sp³-hybridized carbons (Fsp3) is 0.333. The van der Waals surface area contributed by atoms with Crippen LogP contribution in [0, 0.1) is 11.3 Å². The standard InChI is InChI=1S/C24H24N8O2/c1-14(2)29-19-9-23(32-24-17(12-28-32)7-16(10-25)11-27-24)26-13-18(19)22-8-20(30-34-22)21-5-4-6-31(21)15(3)33/h7-9,11-14,21H,4-6H2,1-3H3,(H,26,29). The third-order valence-corrected chi connectivity index (χ3v) is 5.88. The number of carbonyl (C=O) groups is 1. The second-order valence-electron chi connectivity index (χ2n) is 8.68. The molecule has 0 spiro atoms. The summed E-state index contributed by atoms with van der Waals surface area (Å²) in [5, 5.41) is 22.0. The van der Waals surface area contributed by atoms with E-state index >= 15 is 0 Å². The lowest BCUT2D eigenvalue weighted by molar-refractivity contribution is -0.129. The average Bonchev–Trinajstić information content (AvgIpc) is 3.57. The van der Waals surface area contributed by atoms with Gasteiger partial charge in [-0.05, 0) is 32.8 Å². The molecule has 1 fully saturated rings. The minimum atomic E-state index is -0.0662. The maximum absolute atomic E-state index is 12.0. The van der Waals surface area contributed by atoms with E-state index in [1.54, 1.807) is 30.1 Å². The Bertz CT molecular complexity index is 1410. The van der Waals surface area contributed by atoms with Gasteiger partial charge in [-0.25, -0.2) is 9.97 Å². The van der Waals surface area contributed by atoms with Crippen LogP contribution in [0.1, 0.15) is 50.9 Å². The zero-order valence-electron chi connectivity index (χ0n) is 19.2. The Kier molecular flexibility index (Phi) is 5.45. The van der Waals surface area contributed by atoms with Crippen LogP contribution < -0.4 is 5.32 Å². The second-order valence-corrected chi connectivity index (χ2v) is 8.68. The molecule has 0 radical (unpaired) electrons. The highest BCUT2D eigenvalue weighted by atomic mass is 16.5. The number of nitrogens with one attached hydrogen (secondary N) is 1. The van der Waals surface area contributed by atoms with Gasteiger partial charge >= 0.3 is 0 Å². The molecule has 34 heavy (non-hydrogen) atoms. The quantitative estimate of drug-likeness (QED) is 0.480. The normalized spacial score (nSPS) is 15.7. The van der Waals surface area contributed by atoms with Gasteiger partial charge in [-0.3, -0.25) is 4.79 Å². The maximum Gasteiger partial charge on any atom is 0.220 e. The number of fused-ring (bicyclic) bond motifs is 1. The van der Waals surface area contributed by atoms with E-state index in [2.05, 4.69) is 31.6 Å². The molecular weight excluding hydrogens is 432 g/mol. The Morgan fingerprint density at radius 3 is 2.85 bits per heavy atom. The van der Waals surface area contributed by atoms with Crippen molar-refractivity contribution in [3.8, 4) is 23.2 Å². The van der Waals surface area contributed by atoms with Crippen molar-refractivity contribution >= 4 is 22.6 Å². The Labute approximate surface area is 196 Å². The van der Waals surface area contributed by atoms with E-state index in [1.165, 1.54) is 6.20 Å². The largest absolute Gasteiger partial charge is 0.382 e. The molecule has 4 aromatic heterocycles. The zero-order chi connectivity index (χ0) is 23.8. The third kappa shape index (κ3) is 3.85. The van der Waals surface area contributed by atoms with Crippen molar-refractivity contribution < 1.29 is 9.32 Å². The van der Waals surface area contributed by atoms with Gasteiger partial charge in [0.2, 0.25) is 5.91 Å². The van der Waals surface area contributed by atoms with Crippen LogP contribution in [0.15, 0.2) is 41.3 Å². The number of aromatic nitrogens is 5. The number of carbonyl (C=O) groups excluding carboxylic acids is 1. The predicted octanol–water partition coefficient (Wildman–Crippen LogP) is 3.85. The van der Waals surface area contributed by atoms with Crippen LogP contribution in [-0.2, 0) is 4.79 Å². The predicted molar refractivity (Wildman–Crippen MR) is 125 cm³/mol. The van der Waals surface area contributed by atoms with E-state index in [1.807, 2.05) is 30.9 Å². The van der Waals surface area contributed by atoms with E-state index in [0.29, 0.717) is 22.8 Å². The minimum Gasteiger partial charge on any atom is -0.382 e. The summed E-state index contributed by atoms with van der Waals surface area (Å²) in [6.45, 7) is 6.42.